The number of aliphatic hydroxyl groups excluding tert-OH is 3. The zero-order valence-electron chi connectivity index (χ0n) is 19.7. The van der Waals surface area contributed by atoms with Crippen molar-refractivity contribution in [1.82, 2.24) is 0 Å². The van der Waals surface area contributed by atoms with E-state index in [4.69, 9.17) is 18.9 Å². The quantitative estimate of drug-likeness (QED) is 0.154. The Bertz CT molecular complexity index is 1210. The van der Waals surface area contributed by atoms with Crippen molar-refractivity contribution in [1.29, 1.82) is 0 Å². The highest BCUT2D eigenvalue weighted by molar-refractivity contribution is 5.69. The highest BCUT2D eigenvalue weighted by atomic mass is 16.7. The molecular formula is C24H27O13+. The van der Waals surface area contributed by atoms with Gasteiger partial charge in [0.1, 0.15) is 48.1 Å². The van der Waals surface area contributed by atoms with Gasteiger partial charge in [0.2, 0.25) is 12.0 Å². The van der Waals surface area contributed by atoms with Gasteiger partial charge in [-0.3, -0.25) is 4.79 Å². The Morgan fingerprint density at radius 1 is 1.00 bits per heavy atom. The van der Waals surface area contributed by atoms with E-state index in [-0.39, 0.29) is 39.9 Å². The summed E-state index contributed by atoms with van der Waals surface area (Å²) < 4.78 is 25.9. The van der Waals surface area contributed by atoms with E-state index in [1.165, 1.54) is 31.4 Å². The van der Waals surface area contributed by atoms with Gasteiger partial charge in [-0.2, -0.15) is 0 Å². The molecule has 2 aromatic carbocycles. The van der Waals surface area contributed by atoms with Crippen molar-refractivity contribution in [3.05, 3.63) is 41.2 Å². The third-order valence-electron chi connectivity index (χ3n) is 5.93. The van der Waals surface area contributed by atoms with Crippen molar-refractivity contribution in [3.8, 4) is 34.5 Å². The van der Waals surface area contributed by atoms with Crippen LogP contribution in [0.2, 0.25) is 0 Å². The number of hydrogen-bond donors (Lipinski definition) is 7. The first-order valence-electron chi connectivity index (χ1n) is 11.1. The highest BCUT2D eigenvalue weighted by Crippen LogP contribution is 2.47. The van der Waals surface area contributed by atoms with Crippen LogP contribution >= 0.6 is 0 Å². The van der Waals surface area contributed by atoms with Gasteiger partial charge in [0.05, 0.1) is 18.7 Å². The monoisotopic (exact) mass is 523 g/mol. The number of phenolic OH excluding ortho intramolecular Hbond substituents is 4. The van der Waals surface area contributed by atoms with E-state index >= 15 is 0 Å². The van der Waals surface area contributed by atoms with Crippen molar-refractivity contribution in [2.75, 3.05) is 13.7 Å². The number of hydrogen-bond acceptors (Lipinski definition) is 12. The number of aliphatic hydroxyl groups is 4. The van der Waals surface area contributed by atoms with Crippen LogP contribution in [0.15, 0.2) is 30.0 Å². The second kappa shape index (κ2) is 10.2. The molecule has 0 spiro atoms. The van der Waals surface area contributed by atoms with Crippen LogP contribution in [-0.4, -0.2) is 90.9 Å². The van der Waals surface area contributed by atoms with Crippen LogP contribution in [0.3, 0.4) is 0 Å². The lowest BCUT2D eigenvalue weighted by Crippen LogP contribution is -2.59. The van der Waals surface area contributed by atoms with Gasteiger partial charge in [0.15, 0.2) is 17.3 Å². The predicted molar refractivity (Wildman–Crippen MR) is 123 cm³/mol. The summed E-state index contributed by atoms with van der Waals surface area (Å²) in [4.78, 5) is 11.2. The minimum absolute atomic E-state index is 0.0421. The first-order valence-corrected chi connectivity index (χ1v) is 11.1. The molecule has 4 rings (SSSR count). The molecule has 37 heavy (non-hydrogen) atoms. The van der Waals surface area contributed by atoms with Crippen LogP contribution in [0.4, 0.5) is 0 Å². The summed E-state index contributed by atoms with van der Waals surface area (Å²) in [5.41, 5.74) is 0.399. The molecule has 1 fully saturated rings. The Morgan fingerprint density at radius 3 is 2.41 bits per heavy atom. The van der Waals surface area contributed by atoms with Crippen LogP contribution in [0.25, 0.3) is 6.08 Å². The molecule has 6 atom stereocenters. The smallest absolute Gasteiger partial charge is 0.302 e. The molecule has 1 saturated heterocycles. The molecule has 0 amide bonds. The van der Waals surface area contributed by atoms with Crippen LogP contribution in [0.1, 0.15) is 24.2 Å². The fourth-order valence-electron chi connectivity index (χ4n) is 4.04. The number of ether oxygens (including phenoxy) is 5. The summed E-state index contributed by atoms with van der Waals surface area (Å²) in [6.45, 7) is 0.718. The summed E-state index contributed by atoms with van der Waals surface area (Å²) in [6.07, 6.45) is -7.63. The highest BCUT2D eigenvalue weighted by Gasteiger charge is 2.47. The van der Waals surface area contributed by atoms with Gasteiger partial charge in [0.25, 0.3) is 11.9 Å². The molecule has 13 nitrogen and oxygen atoms in total. The molecule has 1 unspecified atom stereocenters. The van der Waals surface area contributed by atoms with Gasteiger partial charge in [0, 0.05) is 19.1 Å². The van der Waals surface area contributed by atoms with Crippen LogP contribution in [0.5, 0.6) is 34.5 Å². The standard InChI is InChI=1S/C24H26O13/c1-9(25)34-8-18-20(30)21(31)22(32)24(37-18)36-17-7-12-13(27)5-11(26)6-15(12)35-23(17)10-3-14(28)19(29)16(4-10)33-2/h3-7,18,20-24,26-32H,8H2,1-2H3/p+1/t18-,20-,21+,22-,23?,24-/m1/s1. The van der Waals surface area contributed by atoms with E-state index in [2.05, 4.69) is 4.74 Å². The largest absolute Gasteiger partial charge is 0.571 e. The second-order valence-electron chi connectivity index (χ2n) is 8.50. The normalized spacial score (nSPS) is 26.9. The average Bonchev–Trinajstić information content (AvgIpc) is 2.85. The van der Waals surface area contributed by atoms with E-state index < -0.39 is 60.9 Å². The van der Waals surface area contributed by atoms with Gasteiger partial charge in [-0.05, 0) is 12.1 Å². The van der Waals surface area contributed by atoms with Crippen LogP contribution in [-0.2, 0) is 19.0 Å². The number of rotatable bonds is 6. The molecule has 2 aromatic rings. The topological polar surface area (TPSA) is 208 Å². The number of fused-ring (bicyclic) bond motifs is 1. The Morgan fingerprint density at radius 2 is 1.73 bits per heavy atom. The summed E-state index contributed by atoms with van der Waals surface area (Å²) >= 11 is 0. The minimum Gasteiger partial charge on any atom is -0.571 e. The number of aromatic hydroxyl groups is 5. The molecule has 0 aromatic heterocycles. The maximum atomic E-state index is 11.2. The van der Waals surface area contributed by atoms with Crippen LogP contribution < -0.4 is 4.74 Å². The zero-order chi connectivity index (χ0) is 27.0. The Hall–Kier alpha value is -3.91. The molecular weight excluding hydrogens is 496 g/mol. The van der Waals surface area contributed by atoms with Crippen LogP contribution in [0, 0.1) is 0 Å². The number of esters is 1. The average molecular weight is 523 g/mol. The number of carbonyl (C=O) groups excluding carboxylic acids is 1. The second-order valence-corrected chi connectivity index (χ2v) is 8.50. The fraction of sp³-hybridized carbons (Fsp3) is 0.375. The third kappa shape index (κ3) is 5.15. The van der Waals surface area contributed by atoms with Crippen molar-refractivity contribution < 1.29 is 64.2 Å². The third-order valence-corrected chi connectivity index (χ3v) is 5.93. The summed E-state index contributed by atoms with van der Waals surface area (Å²) in [5.74, 6) is -2.25. The molecule has 0 saturated carbocycles. The molecule has 2 aliphatic rings. The molecule has 2 heterocycles. The maximum Gasteiger partial charge on any atom is 0.302 e. The number of methoxy groups -OCH3 is 1. The minimum atomic E-state index is -1.75. The molecule has 0 radical (unpaired) electrons. The number of phenols is 4. The van der Waals surface area contributed by atoms with E-state index in [1.54, 1.807) is 0 Å². The van der Waals surface area contributed by atoms with E-state index in [0.29, 0.717) is 0 Å². The Kier molecular flexibility index (Phi) is 7.23. The molecule has 13 heteroatoms. The summed E-state index contributed by atoms with van der Waals surface area (Å²) in [6, 6.07) is 4.93. The molecule has 0 bridgehead atoms. The first-order chi connectivity index (χ1) is 17.5. The summed E-state index contributed by atoms with van der Waals surface area (Å²) in [7, 11) is 1.27. The lowest BCUT2D eigenvalue weighted by Gasteiger charge is -2.40. The van der Waals surface area contributed by atoms with Gasteiger partial charge >= 0.3 is 5.97 Å². The Balaban J connectivity index is 1.73. The van der Waals surface area contributed by atoms with Gasteiger partial charge < -0.3 is 59.4 Å². The molecule has 200 valence electrons. The molecule has 8 N–H and O–H groups in total. The first kappa shape index (κ1) is 26.2. The zero-order valence-corrected chi connectivity index (χ0v) is 19.7. The number of benzene rings is 2. The van der Waals surface area contributed by atoms with Gasteiger partial charge in [-0.1, -0.05) is 0 Å². The van der Waals surface area contributed by atoms with E-state index in [1.807, 2.05) is 0 Å². The van der Waals surface area contributed by atoms with Gasteiger partial charge in [-0.15, -0.1) is 0 Å². The molecule has 2 aliphatic heterocycles. The Labute approximate surface area is 209 Å². The maximum absolute atomic E-state index is 11.2. The lowest BCUT2D eigenvalue weighted by atomic mass is 9.98. The summed E-state index contributed by atoms with van der Waals surface area (Å²) in [5, 5.41) is 71.6. The van der Waals surface area contributed by atoms with Gasteiger partial charge in [-0.25, -0.2) is 0 Å². The van der Waals surface area contributed by atoms with Crippen molar-refractivity contribution >= 4 is 12.0 Å². The lowest BCUT2D eigenvalue weighted by molar-refractivity contribution is -0.296. The predicted octanol–water partition coefficient (Wildman–Crippen LogP) is 0.242. The SMILES string of the molecule is COc1cc(C2[OH+]c3cc(O)cc(O)c3C=C2O[C@@H]2O[C@H](COC(C)=O)[C@@H](O)[C@H](O)[C@H]2O)cc(O)c1O. The molecule has 0 aliphatic carbocycles. The van der Waals surface area contributed by atoms with Crippen molar-refractivity contribution in [3.63, 3.8) is 0 Å². The van der Waals surface area contributed by atoms with E-state index in [0.717, 1.165) is 13.0 Å². The van der Waals surface area contributed by atoms with Crippen molar-refractivity contribution in [2.45, 2.75) is 43.7 Å². The van der Waals surface area contributed by atoms with E-state index in [9.17, 15) is 40.5 Å². The van der Waals surface area contributed by atoms with Crippen molar-refractivity contribution in [2.24, 2.45) is 0 Å². The number of carbonyl (C=O) groups is 1. The fourth-order valence-corrected chi connectivity index (χ4v) is 4.04.